The van der Waals surface area contributed by atoms with Crippen LogP contribution in [0.1, 0.15) is 27.7 Å². The topological polar surface area (TPSA) is 21.8 Å². The summed E-state index contributed by atoms with van der Waals surface area (Å²) in [6.45, 7) is 9.66. The second kappa shape index (κ2) is 11.7. The Labute approximate surface area is 64.5 Å². The van der Waals surface area contributed by atoms with Crippen LogP contribution in [0.15, 0.2) is 0 Å². The van der Waals surface area contributed by atoms with Crippen LogP contribution in [0.5, 0.6) is 0 Å². The monoisotopic (exact) mass is 148 g/mol. The number of rotatable bonds is 2. The standard InChI is InChI=1S/C4H8O2.2C2H6/c1-5-2-4-3-6-4;2*1-2/h4H,2-3H2,1H3;2*1-2H3. The van der Waals surface area contributed by atoms with Crippen molar-refractivity contribution in [1.29, 1.82) is 0 Å². The van der Waals surface area contributed by atoms with Crippen LogP contribution < -0.4 is 0 Å². The highest BCUT2D eigenvalue weighted by molar-refractivity contribution is 4.66. The third-order valence-electron chi connectivity index (χ3n) is 0.755. The molecule has 0 bridgehead atoms. The molecule has 0 aromatic carbocycles. The minimum atomic E-state index is 0.426. The Hall–Kier alpha value is -0.0800. The highest BCUT2D eigenvalue weighted by Crippen LogP contribution is 2.06. The first kappa shape index (κ1) is 12.6. The highest BCUT2D eigenvalue weighted by Gasteiger charge is 2.21. The predicted octanol–water partition coefficient (Wildman–Crippen LogP) is 2.08. The minimum Gasteiger partial charge on any atom is -0.382 e. The van der Waals surface area contributed by atoms with Crippen molar-refractivity contribution in [2.45, 2.75) is 33.8 Å². The summed E-state index contributed by atoms with van der Waals surface area (Å²) in [5.74, 6) is 0. The van der Waals surface area contributed by atoms with E-state index in [1.807, 2.05) is 27.7 Å². The average molecular weight is 148 g/mol. The van der Waals surface area contributed by atoms with Crippen LogP contribution in [-0.4, -0.2) is 26.4 Å². The van der Waals surface area contributed by atoms with Gasteiger partial charge in [-0.25, -0.2) is 0 Å². The number of epoxide rings is 1. The molecule has 0 aromatic heterocycles. The molecule has 1 heterocycles. The van der Waals surface area contributed by atoms with Gasteiger partial charge in [-0.15, -0.1) is 0 Å². The maximum Gasteiger partial charge on any atom is 0.104 e. The lowest BCUT2D eigenvalue weighted by atomic mass is 10.5. The molecule has 1 atom stereocenters. The Balaban J connectivity index is 0. The summed E-state index contributed by atoms with van der Waals surface area (Å²) in [6, 6.07) is 0. The Bertz CT molecular complexity index is 42.5. The van der Waals surface area contributed by atoms with Crippen molar-refractivity contribution < 1.29 is 9.47 Å². The van der Waals surface area contributed by atoms with Gasteiger partial charge in [0.1, 0.15) is 6.10 Å². The minimum absolute atomic E-state index is 0.426. The van der Waals surface area contributed by atoms with Crippen LogP contribution in [0.4, 0.5) is 0 Å². The molecule has 1 fully saturated rings. The molecule has 10 heavy (non-hydrogen) atoms. The molecule has 1 saturated heterocycles. The van der Waals surface area contributed by atoms with Gasteiger partial charge in [0.2, 0.25) is 0 Å². The lowest BCUT2D eigenvalue weighted by Gasteiger charge is -1.84. The van der Waals surface area contributed by atoms with E-state index in [0.717, 1.165) is 13.2 Å². The van der Waals surface area contributed by atoms with Gasteiger partial charge in [-0.3, -0.25) is 0 Å². The van der Waals surface area contributed by atoms with Crippen molar-refractivity contribution in [1.82, 2.24) is 0 Å². The van der Waals surface area contributed by atoms with Gasteiger partial charge in [0.25, 0.3) is 0 Å². The number of ether oxygens (including phenoxy) is 2. The fourth-order valence-electron chi connectivity index (χ4n) is 0.350. The molecule has 1 unspecified atom stereocenters. The Morgan fingerprint density at radius 2 is 1.70 bits per heavy atom. The molecule has 0 aromatic rings. The van der Waals surface area contributed by atoms with Crippen LogP contribution >= 0.6 is 0 Å². The van der Waals surface area contributed by atoms with Gasteiger partial charge >= 0.3 is 0 Å². The first-order valence-corrected chi connectivity index (χ1v) is 4.04. The van der Waals surface area contributed by atoms with E-state index < -0.39 is 0 Å². The molecule has 0 saturated carbocycles. The second-order valence-corrected chi connectivity index (χ2v) is 1.41. The lowest BCUT2D eigenvalue weighted by molar-refractivity contribution is 0.171. The largest absolute Gasteiger partial charge is 0.382 e. The normalized spacial score (nSPS) is 19.5. The van der Waals surface area contributed by atoms with Crippen LogP contribution in [-0.2, 0) is 9.47 Å². The van der Waals surface area contributed by atoms with Crippen molar-refractivity contribution in [2.75, 3.05) is 20.3 Å². The van der Waals surface area contributed by atoms with E-state index in [-0.39, 0.29) is 0 Å². The van der Waals surface area contributed by atoms with E-state index in [4.69, 9.17) is 9.47 Å². The summed E-state index contributed by atoms with van der Waals surface area (Å²) >= 11 is 0. The van der Waals surface area contributed by atoms with E-state index in [9.17, 15) is 0 Å². The summed E-state index contributed by atoms with van der Waals surface area (Å²) in [7, 11) is 1.68. The number of hydrogen-bond acceptors (Lipinski definition) is 2. The zero-order chi connectivity index (χ0) is 8.41. The van der Waals surface area contributed by atoms with E-state index >= 15 is 0 Å². The zero-order valence-electron chi connectivity index (χ0n) is 7.81. The first-order valence-electron chi connectivity index (χ1n) is 4.04. The summed E-state index contributed by atoms with van der Waals surface area (Å²) in [5, 5.41) is 0. The third kappa shape index (κ3) is 10.8. The maximum absolute atomic E-state index is 4.82. The molecular weight excluding hydrogens is 128 g/mol. The second-order valence-electron chi connectivity index (χ2n) is 1.41. The van der Waals surface area contributed by atoms with Gasteiger partial charge in [-0.2, -0.15) is 0 Å². The van der Waals surface area contributed by atoms with Crippen LogP contribution in [0.3, 0.4) is 0 Å². The molecule has 0 spiro atoms. The molecule has 0 N–H and O–H groups in total. The third-order valence-corrected chi connectivity index (χ3v) is 0.755. The Morgan fingerprint density at radius 1 is 1.30 bits per heavy atom. The molecule has 1 rings (SSSR count). The maximum atomic E-state index is 4.82. The van der Waals surface area contributed by atoms with Gasteiger partial charge in [0.05, 0.1) is 13.2 Å². The van der Waals surface area contributed by atoms with Crippen molar-refractivity contribution in [3.63, 3.8) is 0 Å². The molecule has 0 aliphatic carbocycles. The predicted molar refractivity (Wildman–Crippen MR) is 44.3 cm³/mol. The molecule has 1 aliphatic heterocycles. The van der Waals surface area contributed by atoms with Gasteiger partial charge in [-0.05, 0) is 0 Å². The quantitative estimate of drug-likeness (QED) is 0.559. The summed E-state index contributed by atoms with van der Waals surface area (Å²) < 4.78 is 9.56. The van der Waals surface area contributed by atoms with E-state index in [1.165, 1.54) is 0 Å². The van der Waals surface area contributed by atoms with Crippen molar-refractivity contribution >= 4 is 0 Å². The fraction of sp³-hybridized carbons (Fsp3) is 1.00. The lowest BCUT2D eigenvalue weighted by Crippen LogP contribution is -1.94. The van der Waals surface area contributed by atoms with Crippen molar-refractivity contribution in [3.8, 4) is 0 Å². The average Bonchev–Trinajstić information content (AvgIpc) is 2.81. The molecule has 64 valence electrons. The highest BCUT2D eigenvalue weighted by atomic mass is 16.6. The summed E-state index contributed by atoms with van der Waals surface area (Å²) in [5.41, 5.74) is 0. The molecular formula is C8H20O2. The smallest absolute Gasteiger partial charge is 0.104 e. The SMILES string of the molecule is CC.CC.COCC1CO1. The van der Waals surface area contributed by atoms with Gasteiger partial charge in [-0.1, -0.05) is 27.7 Å². The Morgan fingerprint density at radius 3 is 1.80 bits per heavy atom. The molecule has 0 amide bonds. The van der Waals surface area contributed by atoms with Crippen molar-refractivity contribution in [2.24, 2.45) is 0 Å². The van der Waals surface area contributed by atoms with E-state index in [2.05, 4.69) is 0 Å². The van der Waals surface area contributed by atoms with Gasteiger partial charge < -0.3 is 9.47 Å². The number of hydrogen-bond donors (Lipinski definition) is 0. The van der Waals surface area contributed by atoms with Crippen LogP contribution in [0, 0.1) is 0 Å². The van der Waals surface area contributed by atoms with Crippen LogP contribution in [0.2, 0.25) is 0 Å². The van der Waals surface area contributed by atoms with E-state index in [0.29, 0.717) is 6.10 Å². The molecule has 1 aliphatic rings. The van der Waals surface area contributed by atoms with Gasteiger partial charge in [0, 0.05) is 7.11 Å². The summed E-state index contributed by atoms with van der Waals surface area (Å²) in [4.78, 5) is 0. The molecule has 2 heteroatoms. The zero-order valence-corrected chi connectivity index (χ0v) is 7.81. The molecule has 0 radical (unpaired) electrons. The first-order chi connectivity index (χ1) is 4.93. The van der Waals surface area contributed by atoms with E-state index in [1.54, 1.807) is 7.11 Å². The van der Waals surface area contributed by atoms with Crippen molar-refractivity contribution in [3.05, 3.63) is 0 Å². The summed E-state index contributed by atoms with van der Waals surface area (Å²) in [6.07, 6.45) is 0.426. The molecule has 2 nitrogen and oxygen atoms in total. The fourth-order valence-corrected chi connectivity index (χ4v) is 0.350. The van der Waals surface area contributed by atoms with Gasteiger partial charge in [0.15, 0.2) is 0 Å². The van der Waals surface area contributed by atoms with Crippen LogP contribution in [0.25, 0.3) is 0 Å². The number of methoxy groups -OCH3 is 1. The Kier molecular flexibility index (Phi) is 14.7.